The molecular formula is C8H8F3NO2. The molecule has 1 N–H and O–H groups in total. The second-order valence-corrected chi connectivity index (χ2v) is 2.91. The molecule has 1 aromatic rings. The summed E-state index contributed by atoms with van der Waals surface area (Å²) in [5, 5.41) is 8.38. The van der Waals surface area contributed by atoms with E-state index in [1.807, 2.05) is 0 Å². The van der Waals surface area contributed by atoms with Gasteiger partial charge in [-0.2, -0.15) is 13.2 Å². The molecule has 0 aliphatic rings. The van der Waals surface area contributed by atoms with Crippen LogP contribution < -0.4 is 0 Å². The lowest BCUT2D eigenvalue weighted by atomic mass is 10.2. The Balaban J connectivity index is 2.99. The number of nitrogens with zero attached hydrogens (tertiary/aromatic N) is 1. The highest BCUT2D eigenvalue weighted by molar-refractivity contribution is 5.70. The standard InChI is InChI=1S/C8H8F3NO2/c1-12-4-5(3-7(13)14)2-6(12)8(9,10)11/h2,4H,3H2,1H3,(H,13,14). The van der Waals surface area contributed by atoms with Gasteiger partial charge >= 0.3 is 12.1 Å². The second kappa shape index (κ2) is 3.36. The van der Waals surface area contributed by atoms with Gasteiger partial charge < -0.3 is 9.67 Å². The third kappa shape index (κ3) is 2.27. The highest BCUT2D eigenvalue weighted by Gasteiger charge is 2.34. The van der Waals surface area contributed by atoms with E-state index in [0.717, 1.165) is 16.8 Å². The first-order valence-electron chi connectivity index (χ1n) is 3.75. The monoisotopic (exact) mass is 207 g/mol. The lowest BCUT2D eigenvalue weighted by Crippen LogP contribution is -2.09. The van der Waals surface area contributed by atoms with Gasteiger partial charge in [0.2, 0.25) is 0 Å². The van der Waals surface area contributed by atoms with Gasteiger partial charge in [0.1, 0.15) is 5.69 Å². The number of rotatable bonds is 2. The van der Waals surface area contributed by atoms with Gasteiger partial charge in [-0.3, -0.25) is 4.79 Å². The number of carbonyl (C=O) groups is 1. The van der Waals surface area contributed by atoms with E-state index < -0.39 is 24.3 Å². The highest BCUT2D eigenvalue weighted by atomic mass is 19.4. The number of aliphatic carboxylic acids is 1. The molecule has 0 unspecified atom stereocenters. The smallest absolute Gasteiger partial charge is 0.431 e. The Morgan fingerprint density at radius 2 is 2.14 bits per heavy atom. The molecule has 0 aliphatic carbocycles. The maximum Gasteiger partial charge on any atom is 0.431 e. The Bertz CT molecular complexity index is 354. The average molecular weight is 207 g/mol. The second-order valence-electron chi connectivity index (χ2n) is 2.91. The van der Waals surface area contributed by atoms with E-state index in [1.54, 1.807) is 0 Å². The first kappa shape index (κ1) is 10.6. The van der Waals surface area contributed by atoms with Crippen LogP contribution in [0.15, 0.2) is 12.3 Å². The molecule has 3 nitrogen and oxygen atoms in total. The molecule has 0 amide bonds. The largest absolute Gasteiger partial charge is 0.481 e. The van der Waals surface area contributed by atoms with Crippen LogP contribution in [0.4, 0.5) is 13.2 Å². The topological polar surface area (TPSA) is 42.2 Å². The normalized spacial score (nSPS) is 11.7. The Hall–Kier alpha value is -1.46. The molecule has 78 valence electrons. The number of carboxylic acids is 1. The summed E-state index contributed by atoms with van der Waals surface area (Å²) in [6, 6.07) is 0.841. The van der Waals surface area contributed by atoms with Crippen LogP contribution in [0.25, 0.3) is 0 Å². The van der Waals surface area contributed by atoms with Crippen molar-refractivity contribution in [3.8, 4) is 0 Å². The van der Waals surface area contributed by atoms with Crippen molar-refractivity contribution in [2.45, 2.75) is 12.6 Å². The first-order valence-corrected chi connectivity index (χ1v) is 3.75. The quantitative estimate of drug-likeness (QED) is 0.801. The summed E-state index contributed by atoms with van der Waals surface area (Å²) in [7, 11) is 1.23. The Labute approximate surface area is 77.8 Å². The fourth-order valence-corrected chi connectivity index (χ4v) is 1.19. The zero-order valence-electron chi connectivity index (χ0n) is 7.30. The molecule has 0 fully saturated rings. The molecule has 0 aliphatic heterocycles. The molecule has 0 radical (unpaired) electrons. The number of aryl methyl sites for hydroxylation is 1. The van der Waals surface area contributed by atoms with Crippen LogP contribution in [0, 0.1) is 0 Å². The van der Waals surface area contributed by atoms with Crippen LogP contribution in [0.1, 0.15) is 11.3 Å². The van der Waals surface area contributed by atoms with Gasteiger partial charge in [0.15, 0.2) is 0 Å². The maximum absolute atomic E-state index is 12.2. The third-order valence-electron chi connectivity index (χ3n) is 1.71. The van der Waals surface area contributed by atoms with E-state index >= 15 is 0 Å². The van der Waals surface area contributed by atoms with Crippen LogP contribution in [0.3, 0.4) is 0 Å². The minimum absolute atomic E-state index is 0.146. The molecule has 1 rings (SSSR count). The van der Waals surface area contributed by atoms with Crippen LogP contribution in [-0.4, -0.2) is 15.6 Å². The van der Waals surface area contributed by atoms with Crippen molar-refractivity contribution in [2.75, 3.05) is 0 Å². The minimum atomic E-state index is -4.44. The summed E-state index contributed by atoms with van der Waals surface area (Å²) >= 11 is 0. The molecule has 0 saturated heterocycles. The molecule has 0 saturated carbocycles. The molecular weight excluding hydrogens is 199 g/mol. The Kier molecular flexibility index (Phi) is 2.55. The van der Waals surface area contributed by atoms with Crippen molar-refractivity contribution in [1.29, 1.82) is 0 Å². The van der Waals surface area contributed by atoms with Crippen molar-refractivity contribution in [3.05, 3.63) is 23.5 Å². The van der Waals surface area contributed by atoms with Crippen molar-refractivity contribution in [2.24, 2.45) is 7.05 Å². The average Bonchev–Trinajstić information content (AvgIpc) is 2.27. The number of hydrogen-bond donors (Lipinski definition) is 1. The predicted molar refractivity (Wildman–Crippen MR) is 41.8 cm³/mol. The maximum atomic E-state index is 12.2. The zero-order chi connectivity index (χ0) is 10.9. The number of hydrogen-bond acceptors (Lipinski definition) is 1. The molecule has 6 heteroatoms. The van der Waals surface area contributed by atoms with Gasteiger partial charge in [0.25, 0.3) is 0 Å². The van der Waals surface area contributed by atoms with Crippen molar-refractivity contribution >= 4 is 5.97 Å². The third-order valence-corrected chi connectivity index (χ3v) is 1.71. The van der Waals surface area contributed by atoms with Gasteiger partial charge in [-0.05, 0) is 11.6 Å². The molecule has 1 heterocycles. The number of aromatic nitrogens is 1. The van der Waals surface area contributed by atoms with E-state index in [2.05, 4.69) is 0 Å². The summed E-state index contributed by atoms with van der Waals surface area (Å²) in [5.41, 5.74) is -0.693. The summed E-state index contributed by atoms with van der Waals surface area (Å²) < 4.78 is 37.6. The van der Waals surface area contributed by atoms with Gasteiger partial charge in [-0.1, -0.05) is 0 Å². The van der Waals surface area contributed by atoms with Crippen LogP contribution in [-0.2, 0) is 24.4 Å². The molecule has 1 aromatic heterocycles. The molecule has 0 atom stereocenters. The van der Waals surface area contributed by atoms with E-state index in [9.17, 15) is 18.0 Å². The van der Waals surface area contributed by atoms with Gasteiger partial charge in [-0.25, -0.2) is 0 Å². The first-order chi connectivity index (χ1) is 6.30. The number of halogens is 3. The van der Waals surface area contributed by atoms with E-state index in [-0.39, 0.29) is 5.56 Å². The van der Waals surface area contributed by atoms with Crippen LogP contribution in [0.2, 0.25) is 0 Å². The van der Waals surface area contributed by atoms with Crippen LogP contribution in [0.5, 0.6) is 0 Å². The van der Waals surface area contributed by atoms with Crippen molar-refractivity contribution in [3.63, 3.8) is 0 Å². The number of carboxylic acid groups (broad SMARTS) is 1. The molecule has 14 heavy (non-hydrogen) atoms. The van der Waals surface area contributed by atoms with Gasteiger partial charge in [0, 0.05) is 13.2 Å². The van der Waals surface area contributed by atoms with Crippen molar-refractivity contribution in [1.82, 2.24) is 4.57 Å². The van der Waals surface area contributed by atoms with Crippen molar-refractivity contribution < 1.29 is 23.1 Å². The highest BCUT2D eigenvalue weighted by Crippen LogP contribution is 2.30. The van der Waals surface area contributed by atoms with Gasteiger partial charge in [0.05, 0.1) is 6.42 Å². The fraction of sp³-hybridized carbons (Fsp3) is 0.375. The van der Waals surface area contributed by atoms with E-state index in [0.29, 0.717) is 0 Å². The fourth-order valence-electron chi connectivity index (χ4n) is 1.19. The molecule has 0 spiro atoms. The Morgan fingerprint density at radius 1 is 1.57 bits per heavy atom. The van der Waals surface area contributed by atoms with Crippen LogP contribution >= 0.6 is 0 Å². The summed E-state index contributed by atoms with van der Waals surface area (Å²) in [6.07, 6.45) is -3.67. The van der Waals surface area contributed by atoms with E-state index in [4.69, 9.17) is 5.11 Å². The summed E-state index contributed by atoms with van der Waals surface area (Å²) in [5.74, 6) is -1.15. The predicted octanol–water partition coefficient (Wildman–Crippen LogP) is 1.67. The minimum Gasteiger partial charge on any atom is -0.481 e. The summed E-state index contributed by atoms with van der Waals surface area (Å²) in [6.45, 7) is 0. The SMILES string of the molecule is Cn1cc(CC(=O)O)cc1C(F)(F)F. The van der Waals surface area contributed by atoms with Gasteiger partial charge in [-0.15, -0.1) is 0 Å². The molecule has 0 aromatic carbocycles. The van der Waals surface area contributed by atoms with E-state index in [1.165, 1.54) is 7.05 Å². The Morgan fingerprint density at radius 3 is 2.50 bits per heavy atom. The lowest BCUT2D eigenvalue weighted by molar-refractivity contribution is -0.143. The number of alkyl halides is 3. The summed E-state index contributed by atoms with van der Waals surface area (Å²) in [4.78, 5) is 10.2. The zero-order valence-corrected chi connectivity index (χ0v) is 7.30. The lowest BCUT2D eigenvalue weighted by Gasteiger charge is -2.05. The molecule has 0 bridgehead atoms.